The molecule has 1 aromatic heterocycles. The molecule has 2 heteroatoms. The summed E-state index contributed by atoms with van der Waals surface area (Å²) in [6, 6.07) is 2.73. The fourth-order valence-corrected chi connectivity index (χ4v) is 3.40. The van der Waals surface area contributed by atoms with Gasteiger partial charge in [0.2, 0.25) is 0 Å². The van der Waals surface area contributed by atoms with Crippen molar-refractivity contribution in [3.63, 3.8) is 0 Å². The van der Waals surface area contributed by atoms with Gasteiger partial charge in [-0.05, 0) is 49.3 Å². The smallest absolute Gasteiger partial charge is 0.0935 e. The largest absolute Gasteiger partial charge is 0.472 e. The lowest BCUT2D eigenvalue weighted by atomic mass is 9.75. The highest BCUT2D eigenvalue weighted by molar-refractivity contribution is 5.08. The van der Waals surface area contributed by atoms with E-state index in [0.29, 0.717) is 6.04 Å². The Morgan fingerprint density at radius 3 is 2.94 bits per heavy atom. The lowest BCUT2D eigenvalue weighted by Gasteiger charge is -2.34. The number of nitrogens with one attached hydrogen (secondary N) is 1. The van der Waals surface area contributed by atoms with Crippen molar-refractivity contribution in [3.05, 3.63) is 24.2 Å². The molecule has 0 aromatic carbocycles. The third-order valence-corrected chi connectivity index (χ3v) is 4.47. The van der Waals surface area contributed by atoms with Crippen molar-refractivity contribution in [1.82, 2.24) is 5.32 Å². The highest BCUT2D eigenvalue weighted by Crippen LogP contribution is 2.33. The molecule has 1 N–H and O–H groups in total. The lowest BCUT2D eigenvalue weighted by molar-refractivity contribution is 0.208. The van der Waals surface area contributed by atoms with Crippen molar-refractivity contribution in [2.75, 3.05) is 6.54 Å². The molecule has 0 amide bonds. The number of likely N-dealkylation sites (N-methyl/N-ethyl adjacent to an activating group) is 1. The van der Waals surface area contributed by atoms with Crippen LogP contribution in [0.5, 0.6) is 0 Å². The first kappa shape index (κ1) is 13.7. The summed E-state index contributed by atoms with van der Waals surface area (Å²) in [5.74, 6) is 1.80. The maximum Gasteiger partial charge on any atom is 0.0935 e. The van der Waals surface area contributed by atoms with Gasteiger partial charge >= 0.3 is 0 Å². The van der Waals surface area contributed by atoms with Gasteiger partial charge in [0.1, 0.15) is 0 Å². The Labute approximate surface area is 111 Å². The molecule has 1 fully saturated rings. The van der Waals surface area contributed by atoms with E-state index < -0.39 is 0 Å². The van der Waals surface area contributed by atoms with Crippen molar-refractivity contribution in [3.8, 4) is 0 Å². The highest BCUT2D eigenvalue weighted by atomic mass is 16.3. The van der Waals surface area contributed by atoms with Gasteiger partial charge in [0.25, 0.3) is 0 Å². The summed E-state index contributed by atoms with van der Waals surface area (Å²) in [5.41, 5.74) is 1.33. The molecular formula is C16H27NO. The fourth-order valence-electron chi connectivity index (χ4n) is 3.40. The topological polar surface area (TPSA) is 25.2 Å². The van der Waals surface area contributed by atoms with Crippen LogP contribution >= 0.6 is 0 Å². The first-order valence-corrected chi connectivity index (χ1v) is 7.57. The summed E-state index contributed by atoms with van der Waals surface area (Å²) >= 11 is 0. The van der Waals surface area contributed by atoms with Crippen LogP contribution in [0.1, 0.15) is 51.5 Å². The number of hydrogen-bond acceptors (Lipinski definition) is 2. The molecule has 0 bridgehead atoms. The molecule has 102 valence electrons. The van der Waals surface area contributed by atoms with Gasteiger partial charge in [-0.25, -0.2) is 0 Å². The molecule has 2 nitrogen and oxygen atoms in total. The summed E-state index contributed by atoms with van der Waals surface area (Å²) in [6.07, 6.45) is 11.8. The molecule has 0 radical (unpaired) electrons. The predicted octanol–water partition coefficient (Wildman–Crippen LogP) is 4.02. The number of rotatable bonds is 6. The molecule has 2 rings (SSSR count). The van der Waals surface area contributed by atoms with Crippen LogP contribution in [-0.2, 0) is 6.42 Å². The second-order valence-electron chi connectivity index (χ2n) is 5.70. The summed E-state index contributed by atoms with van der Waals surface area (Å²) in [5, 5.41) is 3.69. The van der Waals surface area contributed by atoms with Crippen molar-refractivity contribution in [1.29, 1.82) is 0 Å². The molecule has 1 heterocycles. The van der Waals surface area contributed by atoms with Crippen LogP contribution in [0.4, 0.5) is 0 Å². The van der Waals surface area contributed by atoms with E-state index in [1.807, 2.05) is 6.26 Å². The molecule has 1 aromatic rings. The van der Waals surface area contributed by atoms with Crippen LogP contribution < -0.4 is 5.32 Å². The van der Waals surface area contributed by atoms with Crippen LogP contribution in [0.25, 0.3) is 0 Å². The van der Waals surface area contributed by atoms with Crippen LogP contribution in [-0.4, -0.2) is 12.6 Å². The summed E-state index contributed by atoms with van der Waals surface area (Å²) in [4.78, 5) is 0. The Morgan fingerprint density at radius 2 is 2.28 bits per heavy atom. The van der Waals surface area contributed by atoms with Crippen LogP contribution in [0.2, 0.25) is 0 Å². The predicted molar refractivity (Wildman–Crippen MR) is 75.6 cm³/mol. The molecule has 0 aliphatic heterocycles. The van der Waals surface area contributed by atoms with Crippen LogP contribution in [0.3, 0.4) is 0 Å². The van der Waals surface area contributed by atoms with E-state index in [1.165, 1.54) is 37.7 Å². The van der Waals surface area contributed by atoms with Gasteiger partial charge < -0.3 is 9.73 Å². The maximum atomic E-state index is 5.20. The molecule has 1 aliphatic rings. The zero-order chi connectivity index (χ0) is 12.8. The van der Waals surface area contributed by atoms with Gasteiger partial charge in [-0.1, -0.05) is 33.1 Å². The minimum atomic E-state index is 0.627. The lowest BCUT2D eigenvalue weighted by Crippen LogP contribution is -2.40. The van der Waals surface area contributed by atoms with E-state index in [9.17, 15) is 0 Å². The van der Waals surface area contributed by atoms with Crippen molar-refractivity contribution in [2.24, 2.45) is 11.8 Å². The Bertz CT molecular complexity index is 320. The van der Waals surface area contributed by atoms with Gasteiger partial charge in [-0.3, -0.25) is 0 Å². The van der Waals surface area contributed by atoms with Gasteiger partial charge in [-0.15, -0.1) is 0 Å². The van der Waals surface area contributed by atoms with E-state index >= 15 is 0 Å². The zero-order valence-electron chi connectivity index (χ0n) is 11.8. The summed E-state index contributed by atoms with van der Waals surface area (Å²) < 4.78 is 5.20. The maximum absolute atomic E-state index is 5.20. The second-order valence-corrected chi connectivity index (χ2v) is 5.70. The molecule has 3 atom stereocenters. The fraction of sp³-hybridized carbons (Fsp3) is 0.750. The summed E-state index contributed by atoms with van der Waals surface area (Å²) in [7, 11) is 0. The van der Waals surface area contributed by atoms with E-state index in [0.717, 1.165) is 24.8 Å². The molecule has 1 saturated carbocycles. The first-order chi connectivity index (χ1) is 8.83. The third kappa shape index (κ3) is 3.61. The minimum absolute atomic E-state index is 0.627. The minimum Gasteiger partial charge on any atom is -0.472 e. The Kier molecular flexibility index (Phi) is 5.30. The van der Waals surface area contributed by atoms with Gasteiger partial charge in [0.05, 0.1) is 12.5 Å². The van der Waals surface area contributed by atoms with Crippen molar-refractivity contribution >= 4 is 0 Å². The van der Waals surface area contributed by atoms with Gasteiger partial charge in [-0.2, -0.15) is 0 Å². The quantitative estimate of drug-likeness (QED) is 0.824. The Hall–Kier alpha value is -0.760. The van der Waals surface area contributed by atoms with Crippen molar-refractivity contribution < 1.29 is 4.42 Å². The Balaban J connectivity index is 1.95. The zero-order valence-corrected chi connectivity index (χ0v) is 11.8. The normalized spacial score (nSPS) is 26.1. The standard InChI is InChI=1S/C16H27NO/c1-3-13-6-5-7-15(10-13)16(17-4-2)11-14-8-9-18-12-14/h8-9,12-13,15-17H,3-7,10-11H2,1-2H3. The van der Waals surface area contributed by atoms with E-state index in [4.69, 9.17) is 4.42 Å². The monoisotopic (exact) mass is 249 g/mol. The molecule has 0 saturated heterocycles. The molecule has 1 aliphatic carbocycles. The number of furan rings is 1. The second kappa shape index (κ2) is 6.98. The van der Waals surface area contributed by atoms with Crippen LogP contribution in [0, 0.1) is 11.8 Å². The van der Waals surface area contributed by atoms with E-state index in [2.05, 4.69) is 25.2 Å². The SMILES string of the molecule is CCNC(Cc1ccoc1)C1CCCC(CC)C1. The molecular weight excluding hydrogens is 222 g/mol. The van der Waals surface area contributed by atoms with Gasteiger partial charge in [0.15, 0.2) is 0 Å². The average Bonchev–Trinajstić information content (AvgIpc) is 2.91. The van der Waals surface area contributed by atoms with Crippen LogP contribution in [0.15, 0.2) is 23.0 Å². The Morgan fingerprint density at radius 1 is 1.39 bits per heavy atom. The molecule has 18 heavy (non-hydrogen) atoms. The summed E-state index contributed by atoms with van der Waals surface area (Å²) in [6.45, 7) is 5.61. The molecule has 0 spiro atoms. The van der Waals surface area contributed by atoms with Crippen molar-refractivity contribution in [2.45, 2.75) is 58.4 Å². The molecule has 3 unspecified atom stereocenters. The first-order valence-electron chi connectivity index (χ1n) is 7.57. The third-order valence-electron chi connectivity index (χ3n) is 4.47. The number of hydrogen-bond donors (Lipinski definition) is 1. The van der Waals surface area contributed by atoms with E-state index in [-0.39, 0.29) is 0 Å². The van der Waals surface area contributed by atoms with E-state index in [1.54, 1.807) is 6.26 Å². The average molecular weight is 249 g/mol. The highest BCUT2D eigenvalue weighted by Gasteiger charge is 2.27. The van der Waals surface area contributed by atoms with Gasteiger partial charge in [0, 0.05) is 6.04 Å².